The zero-order valence-corrected chi connectivity index (χ0v) is 18.4. The molecule has 0 aliphatic heterocycles. The molecule has 5 N–H and O–H groups in total. The van der Waals surface area contributed by atoms with Crippen molar-refractivity contribution in [2.75, 3.05) is 23.0 Å². The molecule has 0 rings (SSSR count). The summed E-state index contributed by atoms with van der Waals surface area (Å²) in [5.74, 6) is -6.04. The summed E-state index contributed by atoms with van der Waals surface area (Å²) in [6, 6.07) is 0. The molecule has 0 heterocycles. The third-order valence-electron chi connectivity index (χ3n) is 3.04. The summed E-state index contributed by atoms with van der Waals surface area (Å²) in [5.41, 5.74) is 0. The molecule has 0 spiro atoms. The molecule has 0 aromatic heterocycles. The van der Waals surface area contributed by atoms with Crippen molar-refractivity contribution in [2.24, 2.45) is 0 Å². The largest absolute Gasteiger partial charge is 0.481 e. The summed E-state index contributed by atoms with van der Waals surface area (Å²) in [7, 11) is 0. The van der Waals surface area contributed by atoms with Crippen LogP contribution in [0.3, 0.4) is 0 Å². The fourth-order valence-corrected chi connectivity index (χ4v) is 8.28. The van der Waals surface area contributed by atoms with E-state index >= 15 is 0 Å². The van der Waals surface area contributed by atoms with Gasteiger partial charge in [0.05, 0.1) is 23.2 Å². The molecule has 10 nitrogen and oxygen atoms in total. The van der Waals surface area contributed by atoms with Gasteiger partial charge in [-0.15, -0.1) is 47.0 Å². The molecule has 0 aromatic carbocycles. The molecule has 0 radical (unpaired) electrons. The monoisotopic (exact) mass is 490 g/mol. The maximum absolute atomic E-state index is 12.2. The number of aliphatic carboxylic acids is 5. The number of carboxylic acids is 5. The molecular formula is C15H22O10S4. The first-order valence-electron chi connectivity index (χ1n) is 8.13. The van der Waals surface area contributed by atoms with Gasteiger partial charge in [0.25, 0.3) is 0 Å². The van der Waals surface area contributed by atoms with Crippen molar-refractivity contribution in [1.82, 2.24) is 0 Å². The normalized spacial score (nSPS) is 13.9. The van der Waals surface area contributed by atoms with Gasteiger partial charge in [-0.05, 0) is 12.2 Å². The molecule has 0 amide bonds. The first-order valence-corrected chi connectivity index (χ1v) is 12.2. The van der Waals surface area contributed by atoms with Gasteiger partial charge < -0.3 is 25.5 Å². The molecule has 0 aromatic rings. The maximum atomic E-state index is 12.2. The zero-order valence-electron chi connectivity index (χ0n) is 15.1. The Morgan fingerprint density at radius 1 is 0.655 bits per heavy atom. The molecule has 0 fully saturated rings. The van der Waals surface area contributed by atoms with Gasteiger partial charge in [0, 0.05) is 17.9 Å². The highest BCUT2D eigenvalue weighted by molar-refractivity contribution is 8.25. The van der Waals surface area contributed by atoms with E-state index in [4.69, 9.17) is 20.4 Å². The Bertz CT molecular complexity index is 600. The smallest absolute Gasteiger partial charge is 0.332 e. The van der Waals surface area contributed by atoms with Gasteiger partial charge in [-0.2, -0.15) is 0 Å². The molecule has 2 atom stereocenters. The molecule has 29 heavy (non-hydrogen) atoms. The summed E-state index contributed by atoms with van der Waals surface area (Å²) >= 11 is 3.56. The number of carboxylic acid groups (broad SMARTS) is 5. The molecule has 166 valence electrons. The first kappa shape index (κ1) is 27.8. The molecule has 0 saturated carbocycles. The van der Waals surface area contributed by atoms with E-state index < -0.39 is 44.3 Å². The second-order valence-electron chi connectivity index (χ2n) is 5.36. The highest BCUT2D eigenvalue weighted by Crippen LogP contribution is 2.50. The lowest BCUT2D eigenvalue weighted by molar-refractivity contribution is -0.138. The number of rotatable bonds is 18. The average Bonchev–Trinajstić information content (AvgIpc) is 2.59. The van der Waals surface area contributed by atoms with E-state index in [0.717, 1.165) is 47.0 Å². The Kier molecular flexibility index (Phi) is 14.1. The Labute approximate surface area is 183 Å². The van der Waals surface area contributed by atoms with Crippen LogP contribution in [0.4, 0.5) is 0 Å². The lowest BCUT2D eigenvalue weighted by atomic mass is 10.3. The van der Waals surface area contributed by atoms with E-state index in [9.17, 15) is 29.1 Å². The van der Waals surface area contributed by atoms with Crippen molar-refractivity contribution in [3.8, 4) is 0 Å². The van der Waals surface area contributed by atoms with E-state index in [-0.39, 0.29) is 42.9 Å². The average molecular weight is 491 g/mol. The first-order chi connectivity index (χ1) is 13.5. The molecule has 2 unspecified atom stereocenters. The van der Waals surface area contributed by atoms with Crippen LogP contribution in [0.5, 0.6) is 0 Å². The van der Waals surface area contributed by atoms with Crippen LogP contribution in [-0.2, 0) is 24.0 Å². The minimum atomic E-state index is -1.67. The Hall–Kier alpha value is -1.25. The molecule has 0 saturated heterocycles. The van der Waals surface area contributed by atoms with Gasteiger partial charge >= 0.3 is 29.8 Å². The van der Waals surface area contributed by atoms with E-state index in [1.807, 2.05) is 0 Å². The van der Waals surface area contributed by atoms with Crippen LogP contribution >= 0.6 is 47.0 Å². The van der Waals surface area contributed by atoms with Gasteiger partial charge in [0.2, 0.25) is 0 Å². The van der Waals surface area contributed by atoms with Crippen LogP contribution in [0.25, 0.3) is 0 Å². The summed E-state index contributed by atoms with van der Waals surface area (Å²) in [6.45, 7) is 0. The zero-order chi connectivity index (χ0) is 22.4. The van der Waals surface area contributed by atoms with Gasteiger partial charge in [0.1, 0.15) is 0 Å². The van der Waals surface area contributed by atoms with Crippen molar-refractivity contribution >= 4 is 76.9 Å². The fraction of sp³-hybridized carbons (Fsp3) is 0.667. The van der Waals surface area contributed by atoms with E-state index in [1.165, 1.54) is 0 Å². The van der Waals surface area contributed by atoms with E-state index in [0.29, 0.717) is 0 Å². The SMILES string of the molecule is O=C(O)CCCSC(SCCC(=O)O)(C(=O)O)C(SCCC(=O)O)SCC(=O)O. The predicted octanol–water partition coefficient (Wildman–Crippen LogP) is 1.92. The van der Waals surface area contributed by atoms with Crippen molar-refractivity contribution in [3.05, 3.63) is 0 Å². The Morgan fingerprint density at radius 3 is 1.66 bits per heavy atom. The second-order valence-corrected chi connectivity index (χ2v) is 10.9. The summed E-state index contributed by atoms with van der Waals surface area (Å²) in [5, 5.41) is 45.4. The summed E-state index contributed by atoms with van der Waals surface area (Å²) < 4.78 is -2.57. The van der Waals surface area contributed by atoms with Crippen LogP contribution in [0.1, 0.15) is 25.7 Å². The third-order valence-corrected chi connectivity index (χ3v) is 9.90. The topological polar surface area (TPSA) is 186 Å². The van der Waals surface area contributed by atoms with Crippen LogP contribution in [-0.4, -0.2) is 87.1 Å². The van der Waals surface area contributed by atoms with Crippen molar-refractivity contribution < 1.29 is 49.5 Å². The Morgan fingerprint density at radius 2 is 1.17 bits per heavy atom. The molecule has 0 bridgehead atoms. The van der Waals surface area contributed by atoms with E-state index in [2.05, 4.69) is 0 Å². The lowest BCUT2D eigenvalue weighted by Crippen LogP contribution is -2.42. The molecule has 14 heteroatoms. The highest BCUT2D eigenvalue weighted by atomic mass is 32.2. The maximum Gasteiger partial charge on any atom is 0.332 e. The number of hydrogen-bond acceptors (Lipinski definition) is 9. The number of thioether (sulfide) groups is 4. The fourth-order valence-electron chi connectivity index (χ4n) is 1.81. The summed E-state index contributed by atoms with van der Waals surface area (Å²) in [4.78, 5) is 55.5. The molecule has 0 aliphatic rings. The van der Waals surface area contributed by atoms with Crippen molar-refractivity contribution in [1.29, 1.82) is 0 Å². The predicted molar refractivity (Wildman–Crippen MR) is 113 cm³/mol. The lowest BCUT2D eigenvalue weighted by Gasteiger charge is -2.35. The van der Waals surface area contributed by atoms with E-state index in [1.54, 1.807) is 0 Å². The number of hydrogen-bond donors (Lipinski definition) is 5. The quantitative estimate of drug-likeness (QED) is 0.138. The molecule has 0 aliphatic carbocycles. The Balaban J connectivity index is 5.60. The molecular weight excluding hydrogens is 468 g/mol. The van der Waals surface area contributed by atoms with Crippen molar-refractivity contribution in [3.63, 3.8) is 0 Å². The third kappa shape index (κ3) is 12.1. The van der Waals surface area contributed by atoms with Crippen LogP contribution in [0, 0.1) is 0 Å². The van der Waals surface area contributed by atoms with Crippen LogP contribution < -0.4 is 0 Å². The minimum Gasteiger partial charge on any atom is -0.481 e. The van der Waals surface area contributed by atoms with Crippen molar-refractivity contribution in [2.45, 2.75) is 34.3 Å². The second kappa shape index (κ2) is 14.7. The van der Waals surface area contributed by atoms with Gasteiger partial charge in [-0.25, -0.2) is 4.79 Å². The van der Waals surface area contributed by atoms with Gasteiger partial charge in [-0.3, -0.25) is 19.2 Å². The van der Waals surface area contributed by atoms with Crippen LogP contribution in [0.15, 0.2) is 0 Å². The summed E-state index contributed by atoms with van der Waals surface area (Å²) in [6.07, 6.45) is -0.578. The van der Waals surface area contributed by atoms with Gasteiger partial charge in [0.15, 0.2) is 4.08 Å². The van der Waals surface area contributed by atoms with Crippen LogP contribution in [0.2, 0.25) is 0 Å². The van der Waals surface area contributed by atoms with Gasteiger partial charge in [-0.1, -0.05) is 0 Å². The highest BCUT2D eigenvalue weighted by Gasteiger charge is 2.48. The standard InChI is InChI=1S/C15H22O10S4/c16-9(17)2-1-5-28-15(13(24)25,29-7-4-11(20)21)14(27-8-12(22)23)26-6-3-10(18)19/h14H,1-8H2,(H,16,17)(H,18,19)(H,20,21)(H,22,23)(H,24,25). The number of carbonyl (C=O) groups is 5. The minimum absolute atomic E-state index is 0.0385.